The molecular formula is C19H23N3O2. The van der Waals surface area contributed by atoms with Crippen LogP contribution in [0.15, 0.2) is 18.2 Å². The van der Waals surface area contributed by atoms with Crippen LogP contribution in [-0.4, -0.2) is 19.2 Å². The first-order chi connectivity index (χ1) is 11.6. The molecule has 2 aromatic rings. The molecule has 126 valence electrons. The van der Waals surface area contributed by atoms with Crippen molar-refractivity contribution in [2.75, 3.05) is 20.0 Å². The number of ether oxygens (including phenoxy) is 2. The number of anilines is 1. The van der Waals surface area contributed by atoms with Crippen LogP contribution in [0.3, 0.4) is 0 Å². The Morgan fingerprint density at radius 2 is 1.96 bits per heavy atom. The summed E-state index contributed by atoms with van der Waals surface area (Å²) in [5, 5.41) is 9.65. The SMILES string of the molecule is CCCc1nc(N)c(C#N)c(-c2cccc(OC)c2OC)c1CC. The summed E-state index contributed by atoms with van der Waals surface area (Å²) >= 11 is 0. The van der Waals surface area contributed by atoms with Crippen molar-refractivity contribution in [1.82, 2.24) is 4.98 Å². The van der Waals surface area contributed by atoms with E-state index in [1.165, 1.54) is 0 Å². The fourth-order valence-corrected chi connectivity index (χ4v) is 3.01. The van der Waals surface area contributed by atoms with Gasteiger partial charge >= 0.3 is 0 Å². The van der Waals surface area contributed by atoms with Crippen LogP contribution < -0.4 is 15.2 Å². The largest absolute Gasteiger partial charge is 0.493 e. The zero-order valence-corrected chi connectivity index (χ0v) is 14.6. The number of pyridine rings is 1. The van der Waals surface area contributed by atoms with Crippen LogP contribution in [-0.2, 0) is 12.8 Å². The zero-order chi connectivity index (χ0) is 17.7. The van der Waals surface area contributed by atoms with Crippen LogP contribution in [0, 0.1) is 11.3 Å². The molecule has 0 amide bonds. The van der Waals surface area contributed by atoms with Crippen LogP contribution >= 0.6 is 0 Å². The molecule has 0 aliphatic heterocycles. The molecule has 2 rings (SSSR count). The number of nitrogen functional groups attached to an aromatic ring is 1. The number of hydrogen-bond donors (Lipinski definition) is 1. The summed E-state index contributed by atoms with van der Waals surface area (Å²) in [5.41, 5.74) is 10.0. The molecule has 0 atom stereocenters. The van der Waals surface area contributed by atoms with Crippen LogP contribution in [0.25, 0.3) is 11.1 Å². The van der Waals surface area contributed by atoms with E-state index >= 15 is 0 Å². The number of nitriles is 1. The van der Waals surface area contributed by atoms with Gasteiger partial charge in [0.05, 0.1) is 14.2 Å². The van der Waals surface area contributed by atoms with E-state index in [-0.39, 0.29) is 5.82 Å². The molecule has 0 radical (unpaired) electrons. The van der Waals surface area contributed by atoms with Crippen molar-refractivity contribution in [2.45, 2.75) is 33.1 Å². The van der Waals surface area contributed by atoms with Gasteiger partial charge in [-0.05, 0) is 24.5 Å². The standard InChI is InChI=1S/C19H23N3O2/c1-5-8-15-12(6-2)17(14(11-20)19(21)22-15)13-9-7-10-16(23-3)18(13)24-4/h7,9-10H,5-6,8H2,1-4H3,(H2,21,22). The average molecular weight is 325 g/mol. The second-order valence-corrected chi connectivity index (χ2v) is 5.43. The van der Waals surface area contributed by atoms with Crippen molar-refractivity contribution in [1.29, 1.82) is 5.26 Å². The normalized spacial score (nSPS) is 10.3. The van der Waals surface area contributed by atoms with Crippen LogP contribution in [0.5, 0.6) is 11.5 Å². The monoisotopic (exact) mass is 325 g/mol. The molecule has 0 aliphatic rings. The quantitative estimate of drug-likeness (QED) is 0.875. The van der Waals surface area contributed by atoms with E-state index in [9.17, 15) is 5.26 Å². The molecule has 0 bridgehead atoms. The minimum absolute atomic E-state index is 0.262. The molecule has 5 nitrogen and oxygen atoms in total. The van der Waals surface area contributed by atoms with Crippen LogP contribution in [0.4, 0.5) is 5.82 Å². The Bertz CT molecular complexity index is 779. The Kier molecular flexibility index (Phi) is 5.64. The first-order valence-electron chi connectivity index (χ1n) is 8.05. The Balaban J connectivity index is 2.90. The summed E-state index contributed by atoms with van der Waals surface area (Å²) in [7, 11) is 3.19. The number of benzene rings is 1. The highest BCUT2D eigenvalue weighted by molar-refractivity contribution is 5.84. The molecular weight excluding hydrogens is 302 g/mol. The fraction of sp³-hybridized carbons (Fsp3) is 0.368. The molecule has 2 N–H and O–H groups in total. The Hall–Kier alpha value is -2.74. The number of nitrogens with two attached hydrogens (primary N) is 1. The second kappa shape index (κ2) is 7.69. The van der Waals surface area contributed by atoms with Gasteiger partial charge < -0.3 is 15.2 Å². The highest BCUT2D eigenvalue weighted by Crippen LogP contribution is 2.42. The van der Waals surface area contributed by atoms with E-state index in [0.29, 0.717) is 17.1 Å². The van der Waals surface area contributed by atoms with Crippen molar-refractivity contribution < 1.29 is 9.47 Å². The summed E-state index contributed by atoms with van der Waals surface area (Å²) in [5.74, 6) is 1.48. The van der Waals surface area contributed by atoms with E-state index in [2.05, 4.69) is 24.9 Å². The van der Waals surface area contributed by atoms with Crippen LogP contribution in [0.2, 0.25) is 0 Å². The van der Waals surface area contributed by atoms with E-state index in [4.69, 9.17) is 15.2 Å². The van der Waals surface area contributed by atoms with Gasteiger partial charge in [-0.25, -0.2) is 4.98 Å². The van der Waals surface area contributed by atoms with E-state index in [1.807, 2.05) is 18.2 Å². The second-order valence-electron chi connectivity index (χ2n) is 5.43. The third-order valence-electron chi connectivity index (χ3n) is 4.04. The van der Waals surface area contributed by atoms with Crippen LogP contribution in [0.1, 0.15) is 37.1 Å². The molecule has 0 spiro atoms. The van der Waals surface area contributed by atoms with Crippen molar-refractivity contribution in [3.05, 3.63) is 35.0 Å². The number of aromatic nitrogens is 1. The Labute approximate surface area is 143 Å². The Morgan fingerprint density at radius 3 is 2.50 bits per heavy atom. The van der Waals surface area contributed by atoms with Gasteiger partial charge in [0.15, 0.2) is 11.5 Å². The van der Waals surface area contributed by atoms with E-state index in [1.54, 1.807) is 14.2 Å². The molecule has 5 heteroatoms. The predicted octanol–water partition coefficient (Wildman–Crippen LogP) is 3.73. The minimum atomic E-state index is 0.262. The number of para-hydroxylation sites is 1. The summed E-state index contributed by atoms with van der Waals surface area (Å²) < 4.78 is 11.0. The molecule has 0 aliphatic carbocycles. The number of methoxy groups -OCH3 is 2. The van der Waals surface area contributed by atoms with Gasteiger partial charge in [0.1, 0.15) is 17.5 Å². The first-order valence-corrected chi connectivity index (χ1v) is 8.05. The third kappa shape index (κ3) is 3.00. The van der Waals surface area contributed by atoms with Crippen molar-refractivity contribution in [3.8, 4) is 28.7 Å². The van der Waals surface area contributed by atoms with Gasteiger partial charge in [0.25, 0.3) is 0 Å². The molecule has 1 aromatic heterocycles. The Morgan fingerprint density at radius 1 is 1.21 bits per heavy atom. The highest BCUT2D eigenvalue weighted by Gasteiger charge is 2.22. The fourth-order valence-electron chi connectivity index (χ4n) is 3.01. The minimum Gasteiger partial charge on any atom is -0.493 e. The average Bonchev–Trinajstić information content (AvgIpc) is 2.60. The zero-order valence-electron chi connectivity index (χ0n) is 14.6. The molecule has 0 fully saturated rings. The van der Waals surface area contributed by atoms with Crippen molar-refractivity contribution in [2.24, 2.45) is 0 Å². The topological polar surface area (TPSA) is 81.2 Å². The van der Waals surface area contributed by atoms with E-state index < -0.39 is 0 Å². The maximum atomic E-state index is 9.65. The van der Waals surface area contributed by atoms with Gasteiger partial charge in [-0.15, -0.1) is 0 Å². The lowest BCUT2D eigenvalue weighted by atomic mass is 9.91. The predicted molar refractivity (Wildman–Crippen MR) is 95.3 cm³/mol. The highest BCUT2D eigenvalue weighted by atomic mass is 16.5. The molecule has 24 heavy (non-hydrogen) atoms. The lowest BCUT2D eigenvalue weighted by Crippen LogP contribution is -2.08. The summed E-state index contributed by atoms with van der Waals surface area (Å²) in [6, 6.07) is 7.85. The van der Waals surface area contributed by atoms with Crippen molar-refractivity contribution in [3.63, 3.8) is 0 Å². The van der Waals surface area contributed by atoms with Gasteiger partial charge in [-0.2, -0.15) is 5.26 Å². The van der Waals surface area contributed by atoms with Gasteiger partial charge in [0, 0.05) is 16.8 Å². The van der Waals surface area contributed by atoms with Gasteiger partial charge in [-0.1, -0.05) is 32.4 Å². The number of nitrogens with zero attached hydrogens (tertiary/aromatic N) is 2. The lowest BCUT2D eigenvalue weighted by molar-refractivity contribution is 0.356. The molecule has 1 aromatic carbocycles. The summed E-state index contributed by atoms with van der Waals surface area (Å²) in [4.78, 5) is 4.47. The number of rotatable bonds is 6. The first kappa shape index (κ1) is 17.6. The van der Waals surface area contributed by atoms with Crippen molar-refractivity contribution >= 4 is 5.82 Å². The smallest absolute Gasteiger partial charge is 0.168 e. The maximum Gasteiger partial charge on any atom is 0.168 e. The number of hydrogen-bond acceptors (Lipinski definition) is 5. The molecule has 1 heterocycles. The van der Waals surface area contributed by atoms with E-state index in [0.717, 1.165) is 41.6 Å². The molecule has 0 unspecified atom stereocenters. The number of aryl methyl sites for hydroxylation is 1. The lowest BCUT2D eigenvalue weighted by Gasteiger charge is -2.19. The van der Waals surface area contributed by atoms with Gasteiger partial charge in [0.2, 0.25) is 0 Å². The van der Waals surface area contributed by atoms with Gasteiger partial charge in [-0.3, -0.25) is 0 Å². The molecule has 0 saturated carbocycles. The summed E-state index contributed by atoms with van der Waals surface area (Å²) in [6.45, 7) is 4.16. The maximum absolute atomic E-state index is 9.65. The summed E-state index contributed by atoms with van der Waals surface area (Å²) in [6.07, 6.45) is 2.53. The molecule has 0 saturated heterocycles. The third-order valence-corrected chi connectivity index (χ3v) is 4.04.